The van der Waals surface area contributed by atoms with Gasteiger partial charge >= 0.3 is 0 Å². The van der Waals surface area contributed by atoms with Crippen molar-refractivity contribution in [1.82, 2.24) is 5.32 Å². The van der Waals surface area contributed by atoms with Gasteiger partial charge in [0.2, 0.25) is 0 Å². The normalized spacial score (nSPS) is 14.2. The number of rotatable bonds is 9. The molecule has 0 amide bonds. The Kier molecular flexibility index (Phi) is 8.02. The van der Waals surface area contributed by atoms with Crippen molar-refractivity contribution in [1.29, 1.82) is 0 Å². The molecule has 92 valence electrons. The molecule has 1 unspecified atom stereocenters. The third kappa shape index (κ3) is 5.50. The van der Waals surface area contributed by atoms with Gasteiger partial charge in [-0.15, -0.1) is 0 Å². The number of aliphatic hydroxyl groups is 2. The molecule has 0 saturated heterocycles. The predicted octanol–water partition coefficient (Wildman–Crippen LogP) is 1.39. The second-order valence-electron chi connectivity index (χ2n) is 4.61. The molecule has 1 atom stereocenters. The second kappa shape index (κ2) is 8.08. The molecule has 0 rings (SSSR count). The molecule has 0 radical (unpaired) electrons. The van der Waals surface area contributed by atoms with Crippen LogP contribution in [0.5, 0.6) is 0 Å². The summed E-state index contributed by atoms with van der Waals surface area (Å²) in [5.41, 5.74) is 0.0406. The molecular formula is C12H27NO2. The Morgan fingerprint density at radius 2 is 1.80 bits per heavy atom. The molecule has 0 heterocycles. The molecule has 0 aliphatic rings. The molecule has 0 aliphatic carbocycles. The first-order chi connectivity index (χ1) is 7.14. The lowest BCUT2D eigenvalue weighted by Crippen LogP contribution is -2.38. The second-order valence-corrected chi connectivity index (χ2v) is 4.61. The summed E-state index contributed by atoms with van der Waals surface area (Å²) in [6.45, 7) is 8.67. The van der Waals surface area contributed by atoms with Crippen molar-refractivity contribution < 1.29 is 10.2 Å². The lowest BCUT2D eigenvalue weighted by molar-refractivity contribution is 0.111. The summed E-state index contributed by atoms with van der Waals surface area (Å²) in [6.07, 6.45) is 2.85. The highest BCUT2D eigenvalue weighted by Crippen LogP contribution is 2.24. The molecule has 0 spiro atoms. The number of hydrogen-bond acceptors (Lipinski definition) is 3. The fourth-order valence-corrected chi connectivity index (χ4v) is 1.69. The van der Waals surface area contributed by atoms with E-state index in [0.717, 1.165) is 32.4 Å². The largest absolute Gasteiger partial charge is 0.396 e. The number of nitrogens with one attached hydrogen (secondary N) is 1. The first-order valence-corrected chi connectivity index (χ1v) is 6.06. The third-order valence-electron chi connectivity index (χ3n) is 3.45. The van der Waals surface area contributed by atoms with Gasteiger partial charge < -0.3 is 15.5 Å². The Bertz CT molecular complexity index is 138. The molecule has 3 nitrogen and oxygen atoms in total. The summed E-state index contributed by atoms with van der Waals surface area (Å²) in [4.78, 5) is 0. The van der Waals surface area contributed by atoms with Crippen molar-refractivity contribution in [3.8, 4) is 0 Å². The van der Waals surface area contributed by atoms with Crippen LogP contribution >= 0.6 is 0 Å². The van der Waals surface area contributed by atoms with Crippen LogP contribution in [-0.2, 0) is 0 Å². The lowest BCUT2D eigenvalue weighted by Gasteiger charge is -2.30. The SMILES string of the molecule is CCC(CC)(CO)CNCC(C)CCO. The van der Waals surface area contributed by atoms with Gasteiger partial charge in [0.25, 0.3) is 0 Å². The summed E-state index contributed by atoms with van der Waals surface area (Å²) in [5.74, 6) is 0.500. The summed E-state index contributed by atoms with van der Waals surface area (Å²) in [6, 6.07) is 0. The van der Waals surface area contributed by atoms with E-state index in [2.05, 4.69) is 26.1 Å². The summed E-state index contributed by atoms with van der Waals surface area (Å²) in [5, 5.41) is 21.5. The van der Waals surface area contributed by atoms with Gasteiger partial charge in [0.15, 0.2) is 0 Å². The van der Waals surface area contributed by atoms with Gasteiger partial charge in [-0.05, 0) is 31.7 Å². The van der Waals surface area contributed by atoms with E-state index in [-0.39, 0.29) is 18.6 Å². The maximum Gasteiger partial charge on any atom is 0.0499 e. The first kappa shape index (κ1) is 14.9. The van der Waals surface area contributed by atoms with Crippen molar-refractivity contribution in [3.05, 3.63) is 0 Å². The molecule has 0 fully saturated rings. The Balaban J connectivity index is 3.80. The van der Waals surface area contributed by atoms with Crippen LogP contribution in [0.2, 0.25) is 0 Å². The Morgan fingerprint density at radius 1 is 1.20 bits per heavy atom. The maximum absolute atomic E-state index is 9.37. The van der Waals surface area contributed by atoms with Crippen LogP contribution in [0.3, 0.4) is 0 Å². The van der Waals surface area contributed by atoms with Crippen LogP contribution in [0.15, 0.2) is 0 Å². The van der Waals surface area contributed by atoms with E-state index in [4.69, 9.17) is 5.11 Å². The molecule has 0 aromatic heterocycles. The van der Waals surface area contributed by atoms with Crippen molar-refractivity contribution in [2.75, 3.05) is 26.3 Å². The number of aliphatic hydroxyl groups excluding tert-OH is 2. The van der Waals surface area contributed by atoms with Crippen LogP contribution in [0.4, 0.5) is 0 Å². The summed E-state index contributed by atoms with van der Waals surface area (Å²) in [7, 11) is 0. The van der Waals surface area contributed by atoms with E-state index in [9.17, 15) is 5.11 Å². The first-order valence-electron chi connectivity index (χ1n) is 6.06. The lowest BCUT2D eigenvalue weighted by atomic mass is 9.83. The molecule has 0 aliphatic heterocycles. The van der Waals surface area contributed by atoms with Crippen LogP contribution in [0.1, 0.15) is 40.0 Å². The predicted molar refractivity (Wildman–Crippen MR) is 63.8 cm³/mol. The van der Waals surface area contributed by atoms with Crippen molar-refractivity contribution in [3.63, 3.8) is 0 Å². The van der Waals surface area contributed by atoms with E-state index in [1.165, 1.54) is 0 Å². The quantitative estimate of drug-likeness (QED) is 0.547. The minimum atomic E-state index is 0.0406. The number of hydrogen-bond donors (Lipinski definition) is 3. The zero-order chi connectivity index (χ0) is 11.7. The average molecular weight is 217 g/mol. The minimum absolute atomic E-state index is 0.0406. The summed E-state index contributed by atoms with van der Waals surface area (Å²) < 4.78 is 0. The van der Waals surface area contributed by atoms with Crippen LogP contribution < -0.4 is 5.32 Å². The van der Waals surface area contributed by atoms with Gasteiger partial charge in [-0.3, -0.25) is 0 Å². The smallest absolute Gasteiger partial charge is 0.0499 e. The van der Waals surface area contributed by atoms with Gasteiger partial charge in [0.1, 0.15) is 0 Å². The fourth-order valence-electron chi connectivity index (χ4n) is 1.69. The standard InChI is InChI=1S/C12H27NO2/c1-4-12(5-2,10-15)9-13-8-11(3)6-7-14/h11,13-15H,4-10H2,1-3H3. The zero-order valence-electron chi connectivity index (χ0n) is 10.4. The van der Waals surface area contributed by atoms with Crippen molar-refractivity contribution in [2.24, 2.45) is 11.3 Å². The van der Waals surface area contributed by atoms with E-state index in [0.29, 0.717) is 5.92 Å². The van der Waals surface area contributed by atoms with E-state index in [1.807, 2.05) is 0 Å². The zero-order valence-corrected chi connectivity index (χ0v) is 10.4. The summed E-state index contributed by atoms with van der Waals surface area (Å²) >= 11 is 0. The molecule has 15 heavy (non-hydrogen) atoms. The van der Waals surface area contributed by atoms with Crippen LogP contribution in [0.25, 0.3) is 0 Å². The Labute approximate surface area is 93.9 Å². The van der Waals surface area contributed by atoms with Crippen molar-refractivity contribution in [2.45, 2.75) is 40.0 Å². The van der Waals surface area contributed by atoms with Gasteiger partial charge in [-0.2, -0.15) is 0 Å². The molecule has 0 aromatic rings. The van der Waals surface area contributed by atoms with Crippen LogP contribution in [0, 0.1) is 11.3 Å². The Morgan fingerprint density at radius 3 is 2.20 bits per heavy atom. The van der Waals surface area contributed by atoms with E-state index < -0.39 is 0 Å². The molecule has 3 heteroatoms. The topological polar surface area (TPSA) is 52.5 Å². The van der Waals surface area contributed by atoms with Crippen molar-refractivity contribution >= 4 is 0 Å². The molecule has 0 bridgehead atoms. The monoisotopic (exact) mass is 217 g/mol. The van der Waals surface area contributed by atoms with Gasteiger partial charge in [0, 0.05) is 25.2 Å². The highest BCUT2D eigenvalue weighted by atomic mass is 16.3. The molecule has 3 N–H and O–H groups in total. The fraction of sp³-hybridized carbons (Fsp3) is 1.00. The van der Waals surface area contributed by atoms with E-state index in [1.54, 1.807) is 0 Å². The van der Waals surface area contributed by atoms with Gasteiger partial charge in [0.05, 0.1) is 0 Å². The average Bonchev–Trinajstić information content (AvgIpc) is 2.25. The molecular weight excluding hydrogens is 190 g/mol. The highest BCUT2D eigenvalue weighted by Gasteiger charge is 2.24. The molecule has 0 aromatic carbocycles. The molecule has 0 saturated carbocycles. The minimum Gasteiger partial charge on any atom is -0.396 e. The van der Waals surface area contributed by atoms with Gasteiger partial charge in [-0.25, -0.2) is 0 Å². The van der Waals surface area contributed by atoms with Gasteiger partial charge in [-0.1, -0.05) is 20.8 Å². The van der Waals surface area contributed by atoms with Crippen LogP contribution in [-0.4, -0.2) is 36.5 Å². The maximum atomic E-state index is 9.37. The van der Waals surface area contributed by atoms with E-state index >= 15 is 0 Å². The highest BCUT2D eigenvalue weighted by molar-refractivity contribution is 4.78. The Hall–Kier alpha value is -0.120. The third-order valence-corrected chi connectivity index (χ3v) is 3.45.